The van der Waals surface area contributed by atoms with E-state index in [0.29, 0.717) is 0 Å². The van der Waals surface area contributed by atoms with Gasteiger partial charge in [-0.25, -0.2) is 9.97 Å². The second kappa shape index (κ2) is 7.12. The van der Waals surface area contributed by atoms with Crippen LogP contribution in [0, 0.1) is 34.6 Å². The maximum absolute atomic E-state index is 4.89. The Balaban J connectivity index is 1.85. The fourth-order valence-corrected chi connectivity index (χ4v) is 4.00. The van der Waals surface area contributed by atoms with Gasteiger partial charge in [-0.1, -0.05) is 48.0 Å². The van der Waals surface area contributed by atoms with Crippen LogP contribution in [0.25, 0.3) is 16.9 Å². The predicted octanol–water partition coefficient (Wildman–Crippen LogP) is 5.57. The lowest BCUT2D eigenvalue weighted by molar-refractivity contribution is 0.961. The second-order valence-electron chi connectivity index (χ2n) is 7.56. The number of aromatic nitrogens is 3. The lowest BCUT2D eigenvalue weighted by atomic mass is 10.0. The third kappa shape index (κ3) is 3.26. The quantitative estimate of drug-likeness (QED) is 0.510. The van der Waals surface area contributed by atoms with Crippen molar-refractivity contribution in [3.8, 4) is 5.69 Å². The van der Waals surface area contributed by atoms with Gasteiger partial charge in [-0.05, 0) is 57.4 Å². The molecule has 4 aromatic rings. The van der Waals surface area contributed by atoms with Gasteiger partial charge in [0, 0.05) is 12.2 Å². The summed E-state index contributed by atoms with van der Waals surface area (Å²) >= 11 is 0. The number of benzene rings is 2. The third-order valence-corrected chi connectivity index (χ3v) is 5.10. The topological polar surface area (TPSA) is 42.7 Å². The van der Waals surface area contributed by atoms with Crippen LogP contribution in [-0.4, -0.2) is 14.5 Å². The highest BCUT2D eigenvalue weighted by atomic mass is 15.1. The van der Waals surface area contributed by atoms with E-state index in [0.717, 1.165) is 34.9 Å². The number of imidazole rings is 1. The fourth-order valence-electron chi connectivity index (χ4n) is 4.00. The molecule has 2 aromatic heterocycles. The maximum atomic E-state index is 4.89. The molecule has 4 heteroatoms. The summed E-state index contributed by atoms with van der Waals surface area (Å²) < 4.78 is 2.19. The van der Waals surface area contributed by atoms with Crippen LogP contribution in [-0.2, 0) is 6.54 Å². The van der Waals surface area contributed by atoms with Gasteiger partial charge in [-0.2, -0.15) is 0 Å². The standard InChI is InChI=1S/C24H26N4/c1-15-11-16(2)23(17(3)12-15)28-19(5)27-22-21(13-18(4)26-24(22)28)25-14-20-9-7-6-8-10-20/h6-13H,14H2,1-5H3,(H,25,26). The SMILES string of the molecule is Cc1cc(C)c(-n2c(C)nc3c(NCc4ccccc4)cc(C)nc32)c(C)c1. The first-order chi connectivity index (χ1) is 13.4. The van der Waals surface area contributed by atoms with Crippen LogP contribution in [0.3, 0.4) is 0 Å². The van der Waals surface area contributed by atoms with Crippen molar-refractivity contribution in [1.82, 2.24) is 14.5 Å². The van der Waals surface area contributed by atoms with E-state index in [1.165, 1.54) is 27.9 Å². The molecule has 1 N–H and O–H groups in total. The van der Waals surface area contributed by atoms with Gasteiger partial charge < -0.3 is 5.32 Å². The molecule has 0 atom stereocenters. The van der Waals surface area contributed by atoms with E-state index in [2.05, 4.69) is 80.0 Å². The Bertz CT molecular complexity index is 1130. The van der Waals surface area contributed by atoms with Gasteiger partial charge in [0.15, 0.2) is 5.65 Å². The third-order valence-electron chi connectivity index (χ3n) is 5.10. The highest BCUT2D eigenvalue weighted by molar-refractivity contribution is 5.88. The van der Waals surface area contributed by atoms with E-state index >= 15 is 0 Å². The molecule has 0 amide bonds. The summed E-state index contributed by atoms with van der Waals surface area (Å²) in [5.74, 6) is 0.950. The average molecular weight is 371 g/mol. The normalized spacial score (nSPS) is 11.2. The Labute approximate surface area is 166 Å². The van der Waals surface area contributed by atoms with Gasteiger partial charge in [0.1, 0.15) is 11.3 Å². The summed E-state index contributed by atoms with van der Waals surface area (Å²) in [6.07, 6.45) is 0. The highest BCUT2D eigenvalue weighted by Crippen LogP contribution is 2.30. The first-order valence-electron chi connectivity index (χ1n) is 9.67. The molecule has 0 spiro atoms. The van der Waals surface area contributed by atoms with Crippen molar-refractivity contribution in [3.63, 3.8) is 0 Å². The van der Waals surface area contributed by atoms with Gasteiger partial charge in [0.2, 0.25) is 0 Å². The molecule has 4 rings (SSSR count). The minimum absolute atomic E-state index is 0.758. The summed E-state index contributed by atoms with van der Waals surface area (Å²) in [6.45, 7) is 11.3. The molecule has 142 valence electrons. The first kappa shape index (κ1) is 18.2. The maximum Gasteiger partial charge on any atom is 0.167 e. The second-order valence-corrected chi connectivity index (χ2v) is 7.56. The van der Waals surface area contributed by atoms with Crippen LogP contribution in [0.4, 0.5) is 5.69 Å². The molecule has 0 saturated heterocycles. The Hall–Kier alpha value is -3.14. The smallest absolute Gasteiger partial charge is 0.167 e. The highest BCUT2D eigenvalue weighted by Gasteiger charge is 2.18. The lowest BCUT2D eigenvalue weighted by Gasteiger charge is -2.15. The van der Waals surface area contributed by atoms with Gasteiger partial charge >= 0.3 is 0 Å². The van der Waals surface area contributed by atoms with Crippen LogP contribution >= 0.6 is 0 Å². The Morgan fingerprint density at radius 2 is 1.54 bits per heavy atom. The number of nitrogens with one attached hydrogen (secondary N) is 1. The number of anilines is 1. The zero-order valence-electron chi connectivity index (χ0n) is 17.2. The molecule has 2 aromatic carbocycles. The number of rotatable bonds is 4. The summed E-state index contributed by atoms with van der Waals surface area (Å²) in [4.78, 5) is 9.74. The van der Waals surface area contributed by atoms with E-state index in [4.69, 9.17) is 9.97 Å². The van der Waals surface area contributed by atoms with Crippen molar-refractivity contribution in [2.24, 2.45) is 0 Å². The molecule has 0 aliphatic carbocycles. The Kier molecular flexibility index (Phi) is 4.63. The van der Waals surface area contributed by atoms with Gasteiger partial charge in [0.25, 0.3) is 0 Å². The average Bonchev–Trinajstić information content (AvgIpc) is 2.96. The van der Waals surface area contributed by atoms with Crippen molar-refractivity contribution < 1.29 is 0 Å². The van der Waals surface area contributed by atoms with Crippen molar-refractivity contribution in [2.75, 3.05) is 5.32 Å². The molecule has 2 heterocycles. The summed E-state index contributed by atoms with van der Waals surface area (Å²) in [6, 6.07) is 16.9. The number of hydrogen-bond acceptors (Lipinski definition) is 3. The van der Waals surface area contributed by atoms with Crippen LogP contribution < -0.4 is 5.32 Å². The summed E-state index contributed by atoms with van der Waals surface area (Å²) in [5, 5.41) is 3.56. The minimum atomic E-state index is 0.758. The van der Waals surface area contributed by atoms with Gasteiger partial charge in [-0.3, -0.25) is 4.57 Å². The molecule has 4 nitrogen and oxygen atoms in total. The lowest BCUT2D eigenvalue weighted by Crippen LogP contribution is -2.05. The van der Waals surface area contributed by atoms with E-state index in [9.17, 15) is 0 Å². The molecule has 0 fully saturated rings. The van der Waals surface area contributed by atoms with Gasteiger partial charge in [0.05, 0.1) is 11.4 Å². The fraction of sp³-hybridized carbons (Fsp3) is 0.250. The zero-order chi connectivity index (χ0) is 19.8. The molecule has 0 aliphatic heterocycles. The molecule has 28 heavy (non-hydrogen) atoms. The van der Waals surface area contributed by atoms with Crippen molar-refractivity contribution in [2.45, 2.75) is 41.2 Å². The molecular weight excluding hydrogens is 344 g/mol. The number of hydrogen-bond donors (Lipinski definition) is 1. The molecule has 0 radical (unpaired) electrons. The van der Waals surface area contributed by atoms with Crippen LogP contribution in [0.2, 0.25) is 0 Å². The summed E-state index contributed by atoms with van der Waals surface area (Å²) in [5.41, 5.74) is 9.99. The first-order valence-corrected chi connectivity index (χ1v) is 9.67. The Morgan fingerprint density at radius 1 is 0.857 bits per heavy atom. The van der Waals surface area contributed by atoms with E-state index < -0.39 is 0 Å². The van der Waals surface area contributed by atoms with Crippen molar-refractivity contribution in [1.29, 1.82) is 0 Å². The van der Waals surface area contributed by atoms with Crippen LogP contribution in [0.5, 0.6) is 0 Å². The zero-order valence-corrected chi connectivity index (χ0v) is 17.2. The van der Waals surface area contributed by atoms with Crippen molar-refractivity contribution in [3.05, 3.63) is 82.3 Å². The predicted molar refractivity (Wildman–Crippen MR) is 116 cm³/mol. The Morgan fingerprint density at radius 3 is 2.21 bits per heavy atom. The van der Waals surface area contributed by atoms with Crippen LogP contribution in [0.1, 0.15) is 33.8 Å². The molecule has 0 unspecified atom stereocenters. The molecular formula is C24H26N4. The van der Waals surface area contributed by atoms with Crippen molar-refractivity contribution >= 4 is 16.9 Å². The van der Waals surface area contributed by atoms with E-state index in [1.54, 1.807) is 0 Å². The molecule has 0 saturated carbocycles. The number of nitrogens with zero attached hydrogens (tertiary/aromatic N) is 3. The monoisotopic (exact) mass is 370 g/mol. The minimum Gasteiger partial charge on any atom is -0.379 e. The number of fused-ring (bicyclic) bond motifs is 1. The number of pyridine rings is 1. The van der Waals surface area contributed by atoms with Gasteiger partial charge in [-0.15, -0.1) is 0 Å². The largest absolute Gasteiger partial charge is 0.379 e. The number of aryl methyl sites for hydroxylation is 5. The van der Waals surface area contributed by atoms with E-state index in [-0.39, 0.29) is 0 Å². The summed E-state index contributed by atoms with van der Waals surface area (Å²) in [7, 11) is 0. The van der Waals surface area contributed by atoms with Crippen LogP contribution in [0.15, 0.2) is 48.5 Å². The van der Waals surface area contributed by atoms with E-state index in [1.807, 2.05) is 13.0 Å². The molecule has 0 bridgehead atoms. The molecule has 0 aliphatic rings.